The molecular formula is C30H32N4O2S. The van der Waals surface area contributed by atoms with E-state index in [1.54, 1.807) is 11.3 Å². The molecule has 3 aromatic carbocycles. The summed E-state index contributed by atoms with van der Waals surface area (Å²) >= 11 is 1.68. The molecule has 6 nitrogen and oxygen atoms in total. The Hall–Kier alpha value is -3.55. The van der Waals surface area contributed by atoms with Gasteiger partial charge in [-0.1, -0.05) is 12.1 Å². The Bertz CT molecular complexity index is 1440. The number of nitrogens with one attached hydrogen (secondary N) is 2. The summed E-state index contributed by atoms with van der Waals surface area (Å²) in [6.45, 7) is 7.99. The van der Waals surface area contributed by atoms with Gasteiger partial charge >= 0.3 is 0 Å². The molecule has 2 heterocycles. The average Bonchev–Trinajstić information content (AvgIpc) is 3.30. The number of carbonyl (C=O) groups is 2. The molecule has 1 aliphatic heterocycles. The Morgan fingerprint density at radius 3 is 2.35 bits per heavy atom. The van der Waals surface area contributed by atoms with Crippen LogP contribution in [0.3, 0.4) is 0 Å². The summed E-state index contributed by atoms with van der Waals surface area (Å²) < 4.78 is 1.18. The number of anilines is 2. The number of aryl methyl sites for hydroxylation is 3. The molecule has 0 spiro atoms. The lowest BCUT2D eigenvalue weighted by atomic mass is 9.95. The summed E-state index contributed by atoms with van der Waals surface area (Å²) in [4.78, 5) is 32.2. The van der Waals surface area contributed by atoms with Gasteiger partial charge < -0.3 is 10.6 Å². The van der Waals surface area contributed by atoms with Crippen LogP contribution in [0.15, 0.2) is 60.7 Å². The van der Waals surface area contributed by atoms with Crippen LogP contribution >= 0.6 is 11.3 Å². The van der Waals surface area contributed by atoms with Crippen molar-refractivity contribution in [2.24, 2.45) is 5.92 Å². The first-order valence-corrected chi connectivity index (χ1v) is 13.5. The minimum Gasteiger partial charge on any atom is -0.326 e. The topological polar surface area (TPSA) is 74.3 Å². The van der Waals surface area contributed by atoms with Crippen LogP contribution < -0.4 is 10.6 Å². The predicted molar refractivity (Wildman–Crippen MR) is 152 cm³/mol. The lowest BCUT2D eigenvalue weighted by Crippen LogP contribution is -2.41. The summed E-state index contributed by atoms with van der Waals surface area (Å²) in [5, 5.41) is 7.03. The Morgan fingerprint density at radius 1 is 0.892 bits per heavy atom. The van der Waals surface area contributed by atoms with Gasteiger partial charge in [-0.25, -0.2) is 4.98 Å². The molecule has 37 heavy (non-hydrogen) atoms. The second kappa shape index (κ2) is 10.8. The van der Waals surface area contributed by atoms with E-state index < -0.39 is 0 Å². The molecule has 0 aliphatic carbocycles. The highest BCUT2D eigenvalue weighted by atomic mass is 32.1. The molecular weight excluding hydrogens is 480 g/mol. The zero-order chi connectivity index (χ0) is 25.9. The van der Waals surface area contributed by atoms with Crippen molar-refractivity contribution in [1.29, 1.82) is 0 Å². The molecule has 1 saturated heterocycles. The third-order valence-corrected chi connectivity index (χ3v) is 8.13. The van der Waals surface area contributed by atoms with E-state index in [4.69, 9.17) is 4.98 Å². The van der Waals surface area contributed by atoms with Crippen LogP contribution in [0, 0.1) is 26.7 Å². The molecule has 0 unspecified atom stereocenters. The molecule has 7 heteroatoms. The average molecular weight is 513 g/mol. The minimum atomic E-state index is -0.0498. The molecule has 5 rings (SSSR count). The molecule has 1 aromatic heterocycles. The number of benzene rings is 3. The van der Waals surface area contributed by atoms with Crippen molar-refractivity contribution < 1.29 is 9.59 Å². The Kier molecular flexibility index (Phi) is 7.35. The maximum absolute atomic E-state index is 12.9. The molecule has 2 amide bonds. The van der Waals surface area contributed by atoms with Gasteiger partial charge in [-0.3, -0.25) is 14.5 Å². The quantitative estimate of drug-likeness (QED) is 0.324. The first-order chi connectivity index (χ1) is 17.8. The van der Waals surface area contributed by atoms with Crippen LogP contribution in [0.5, 0.6) is 0 Å². The van der Waals surface area contributed by atoms with E-state index in [9.17, 15) is 9.59 Å². The van der Waals surface area contributed by atoms with E-state index in [0.717, 1.165) is 59.0 Å². The number of rotatable bonds is 6. The van der Waals surface area contributed by atoms with Gasteiger partial charge in [-0.05, 0) is 112 Å². The van der Waals surface area contributed by atoms with Gasteiger partial charge in [0.05, 0.1) is 16.8 Å². The number of nitrogens with zero attached hydrogens (tertiary/aromatic N) is 2. The normalized spacial score (nSPS) is 14.6. The van der Waals surface area contributed by atoms with E-state index >= 15 is 0 Å². The monoisotopic (exact) mass is 512 g/mol. The fraction of sp³-hybridized carbons (Fsp3) is 0.300. The maximum Gasteiger partial charge on any atom is 0.238 e. The second-order valence-electron chi connectivity index (χ2n) is 9.95. The number of likely N-dealkylation sites (tertiary alicyclic amines) is 1. The number of piperidine rings is 1. The molecule has 1 aliphatic rings. The summed E-state index contributed by atoms with van der Waals surface area (Å²) in [6, 6.07) is 20.1. The van der Waals surface area contributed by atoms with Crippen LogP contribution in [-0.4, -0.2) is 41.3 Å². The molecule has 2 N–H and O–H groups in total. The number of fused-ring (bicyclic) bond motifs is 1. The zero-order valence-corrected chi connectivity index (χ0v) is 22.3. The van der Waals surface area contributed by atoms with Crippen LogP contribution in [0.2, 0.25) is 0 Å². The highest BCUT2D eigenvalue weighted by Gasteiger charge is 2.26. The van der Waals surface area contributed by atoms with Gasteiger partial charge in [0.2, 0.25) is 11.8 Å². The molecule has 190 valence electrons. The maximum atomic E-state index is 12.9. The van der Waals surface area contributed by atoms with Crippen LogP contribution in [0.1, 0.15) is 29.5 Å². The number of amides is 2. The number of hydrogen-bond donors (Lipinski definition) is 2. The highest BCUT2D eigenvalue weighted by molar-refractivity contribution is 7.21. The summed E-state index contributed by atoms with van der Waals surface area (Å²) in [7, 11) is 0. The first-order valence-electron chi connectivity index (χ1n) is 12.7. The standard InChI is InChI=1S/C30H32N4O2S/c1-19-4-11-26-27(16-19)37-30(33-26)23-6-9-24(10-7-23)32-29(36)22-12-14-34(15-13-22)18-28(35)31-25-8-5-20(2)21(3)17-25/h4-11,16-17,22H,12-15,18H2,1-3H3,(H,31,35)(H,32,36). The first kappa shape index (κ1) is 25.1. The lowest BCUT2D eigenvalue weighted by molar-refractivity contribution is -0.121. The van der Waals surface area contributed by atoms with Crippen LogP contribution in [0.25, 0.3) is 20.8 Å². The van der Waals surface area contributed by atoms with Crippen molar-refractivity contribution in [1.82, 2.24) is 9.88 Å². The van der Waals surface area contributed by atoms with E-state index in [2.05, 4.69) is 47.6 Å². The summed E-state index contributed by atoms with van der Waals surface area (Å²) in [5.74, 6) is -0.0248. The highest BCUT2D eigenvalue weighted by Crippen LogP contribution is 2.31. The Labute approximate surface area is 221 Å². The molecule has 0 atom stereocenters. The smallest absolute Gasteiger partial charge is 0.238 e. The largest absolute Gasteiger partial charge is 0.326 e. The minimum absolute atomic E-state index is 0.0190. The van der Waals surface area contributed by atoms with Gasteiger partial charge in [0.1, 0.15) is 5.01 Å². The fourth-order valence-electron chi connectivity index (χ4n) is 4.67. The van der Waals surface area contributed by atoms with Gasteiger partial charge in [0, 0.05) is 22.9 Å². The molecule has 0 radical (unpaired) electrons. The van der Waals surface area contributed by atoms with Gasteiger partial charge in [0.25, 0.3) is 0 Å². The molecule has 0 bridgehead atoms. The molecule has 4 aromatic rings. The third-order valence-electron chi connectivity index (χ3n) is 7.06. The molecule has 1 fully saturated rings. The fourth-order valence-corrected chi connectivity index (χ4v) is 5.74. The summed E-state index contributed by atoms with van der Waals surface area (Å²) in [5.41, 5.74) is 7.27. The van der Waals surface area contributed by atoms with Crippen molar-refractivity contribution in [3.63, 3.8) is 0 Å². The van der Waals surface area contributed by atoms with Crippen molar-refractivity contribution >= 4 is 44.7 Å². The Balaban J connectivity index is 1.10. The summed E-state index contributed by atoms with van der Waals surface area (Å²) in [6.07, 6.45) is 1.48. The molecule has 0 saturated carbocycles. The Morgan fingerprint density at radius 2 is 1.62 bits per heavy atom. The van der Waals surface area contributed by atoms with Crippen LogP contribution in [-0.2, 0) is 9.59 Å². The number of carbonyl (C=O) groups excluding carboxylic acids is 2. The number of hydrogen-bond acceptors (Lipinski definition) is 5. The van der Waals surface area contributed by atoms with Gasteiger partial charge in [0.15, 0.2) is 0 Å². The zero-order valence-electron chi connectivity index (χ0n) is 21.5. The van der Waals surface area contributed by atoms with E-state index in [1.165, 1.54) is 15.8 Å². The lowest BCUT2D eigenvalue weighted by Gasteiger charge is -2.30. The van der Waals surface area contributed by atoms with Gasteiger partial charge in [-0.2, -0.15) is 0 Å². The van der Waals surface area contributed by atoms with Crippen molar-refractivity contribution in [2.45, 2.75) is 33.6 Å². The number of thiazole rings is 1. The third kappa shape index (κ3) is 6.06. The SMILES string of the molecule is Cc1ccc2nc(-c3ccc(NC(=O)C4CCN(CC(=O)Nc5ccc(C)c(C)c5)CC4)cc3)sc2c1. The number of aromatic nitrogens is 1. The van der Waals surface area contributed by atoms with Gasteiger partial charge in [-0.15, -0.1) is 11.3 Å². The van der Waals surface area contributed by atoms with Crippen molar-refractivity contribution in [2.75, 3.05) is 30.3 Å². The van der Waals surface area contributed by atoms with Crippen molar-refractivity contribution in [3.8, 4) is 10.6 Å². The van der Waals surface area contributed by atoms with E-state index in [-0.39, 0.29) is 17.7 Å². The predicted octanol–water partition coefficient (Wildman–Crippen LogP) is 6.18. The van der Waals surface area contributed by atoms with Crippen LogP contribution in [0.4, 0.5) is 11.4 Å². The van der Waals surface area contributed by atoms with E-state index in [1.807, 2.05) is 49.4 Å². The second-order valence-corrected chi connectivity index (χ2v) is 11.0. The van der Waals surface area contributed by atoms with Crippen molar-refractivity contribution in [3.05, 3.63) is 77.4 Å². The van der Waals surface area contributed by atoms with E-state index in [0.29, 0.717) is 6.54 Å².